The Hall–Kier alpha value is -1.52. The van der Waals surface area contributed by atoms with E-state index in [2.05, 4.69) is 0 Å². The molecule has 0 saturated carbocycles. The average molecular weight is 302 g/mol. The van der Waals surface area contributed by atoms with Gasteiger partial charge in [0.1, 0.15) is 0 Å². The van der Waals surface area contributed by atoms with E-state index in [1.807, 2.05) is 36.8 Å². The Kier molecular flexibility index (Phi) is 5.04. The maximum Gasteiger partial charge on any atom is 0.234 e. The molecule has 0 spiro atoms. The van der Waals surface area contributed by atoms with E-state index >= 15 is 0 Å². The standard InChI is InChI=1S/C16H14O2S2/c1-19-13-9-5-3-7-11(13)15(17)16(18)12-8-4-6-10-14(12)20-2/h3-10H,1-2H3. The highest BCUT2D eigenvalue weighted by molar-refractivity contribution is 7.99. The second-order valence-electron chi connectivity index (χ2n) is 4.06. The second kappa shape index (κ2) is 6.77. The van der Waals surface area contributed by atoms with Crippen LogP contribution in [0.1, 0.15) is 20.7 Å². The van der Waals surface area contributed by atoms with E-state index in [0.29, 0.717) is 11.1 Å². The number of carbonyl (C=O) groups excluding carboxylic acids is 2. The molecule has 0 atom stereocenters. The molecule has 20 heavy (non-hydrogen) atoms. The number of carbonyl (C=O) groups is 2. The van der Waals surface area contributed by atoms with Crippen molar-refractivity contribution in [2.24, 2.45) is 0 Å². The van der Waals surface area contributed by atoms with Gasteiger partial charge in [0.05, 0.1) is 0 Å². The van der Waals surface area contributed by atoms with Crippen LogP contribution in [0.15, 0.2) is 58.3 Å². The molecule has 0 aliphatic heterocycles. The first kappa shape index (κ1) is 14.9. The van der Waals surface area contributed by atoms with Crippen LogP contribution < -0.4 is 0 Å². The molecule has 0 radical (unpaired) electrons. The van der Waals surface area contributed by atoms with Crippen LogP contribution in [0.4, 0.5) is 0 Å². The van der Waals surface area contributed by atoms with Gasteiger partial charge in [0.15, 0.2) is 0 Å². The van der Waals surface area contributed by atoms with Gasteiger partial charge in [-0.25, -0.2) is 0 Å². The van der Waals surface area contributed by atoms with Gasteiger partial charge in [-0.2, -0.15) is 0 Å². The summed E-state index contributed by atoms with van der Waals surface area (Å²) in [5, 5.41) is 0. The third kappa shape index (κ3) is 2.97. The zero-order valence-electron chi connectivity index (χ0n) is 11.3. The van der Waals surface area contributed by atoms with Gasteiger partial charge in [0.2, 0.25) is 11.6 Å². The van der Waals surface area contributed by atoms with Crippen molar-refractivity contribution in [3.63, 3.8) is 0 Å². The quantitative estimate of drug-likeness (QED) is 0.471. The van der Waals surface area contributed by atoms with Gasteiger partial charge in [-0.1, -0.05) is 24.3 Å². The van der Waals surface area contributed by atoms with Crippen molar-refractivity contribution < 1.29 is 9.59 Å². The third-order valence-corrected chi connectivity index (χ3v) is 4.50. The first-order chi connectivity index (χ1) is 9.69. The van der Waals surface area contributed by atoms with Crippen LogP contribution in [0.5, 0.6) is 0 Å². The Bertz CT molecular complexity index is 593. The lowest BCUT2D eigenvalue weighted by Gasteiger charge is -2.08. The number of benzene rings is 2. The van der Waals surface area contributed by atoms with Crippen molar-refractivity contribution in [1.29, 1.82) is 0 Å². The maximum absolute atomic E-state index is 12.4. The molecule has 0 heterocycles. The molecular weight excluding hydrogens is 288 g/mol. The van der Waals surface area contributed by atoms with E-state index in [1.54, 1.807) is 24.3 Å². The van der Waals surface area contributed by atoms with Crippen molar-refractivity contribution >= 4 is 35.1 Å². The van der Waals surface area contributed by atoms with Crippen molar-refractivity contribution in [3.05, 3.63) is 59.7 Å². The second-order valence-corrected chi connectivity index (χ2v) is 5.75. The summed E-state index contributed by atoms with van der Waals surface area (Å²) in [7, 11) is 0. The lowest BCUT2D eigenvalue weighted by atomic mass is 10.0. The Morgan fingerprint density at radius 2 is 1.05 bits per heavy atom. The van der Waals surface area contributed by atoms with E-state index in [9.17, 15) is 9.59 Å². The Balaban J connectivity index is 2.41. The van der Waals surface area contributed by atoms with E-state index < -0.39 is 11.6 Å². The molecule has 0 N–H and O–H groups in total. The van der Waals surface area contributed by atoms with Crippen LogP contribution in [0.3, 0.4) is 0 Å². The molecular formula is C16H14O2S2. The normalized spacial score (nSPS) is 10.3. The first-order valence-corrected chi connectivity index (χ1v) is 8.49. The van der Waals surface area contributed by atoms with Crippen LogP contribution in [-0.4, -0.2) is 24.1 Å². The lowest BCUT2D eigenvalue weighted by molar-refractivity contribution is 0.0813. The number of Topliss-reactive ketones (excluding diaryl/α,β-unsaturated/α-hetero) is 2. The molecule has 0 amide bonds. The fourth-order valence-corrected chi connectivity index (χ4v) is 3.10. The van der Waals surface area contributed by atoms with Crippen LogP contribution >= 0.6 is 23.5 Å². The average Bonchev–Trinajstić information content (AvgIpc) is 2.53. The number of thioether (sulfide) groups is 2. The third-order valence-electron chi connectivity index (χ3n) is 2.91. The molecule has 2 rings (SSSR count). The molecule has 0 unspecified atom stereocenters. The van der Waals surface area contributed by atoms with E-state index in [0.717, 1.165) is 9.79 Å². The molecule has 0 aromatic heterocycles. The summed E-state index contributed by atoms with van der Waals surface area (Å²) in [6.07, 6.45) is 3.79. The van der Waals surface area contributed by atoms with E-state index in [1.165, 1.54) is 23.5 Å². The molecule has 0 aliphatic carbocycles. The van der Waals surface area contributed by atoms with Gasteiger partial charge in [0.25, 0.3) is 0 Å². The fourth-order valence-electron chi connectivity index (χ4n) is 1.91. The Morgan fingerprint density at radius 3 is 1.40 bits per heavy atom. The van der Waals surface area contributed by atoms with Gasteiger partial charge in [-0.05, 0) is 36.8 Å². The summed E-state index contributed by atoms with van der Waals surface area (Å²) >= 11 is 2.94. The number of ketones is 2. The summed E-state index contributed by atoms with van der Waals surface area (Å²) in [6.45, 7) is 0. The summed E-state index contributed by atoms with van der Waals surface area (Å²) in [6, 6.07) is 14.4. The summed E-state index contributed by atoms with van der Waals surface area (Å²) in [4.78, 5) is 26.5. The molecule has 2 aromatic rings. The van der Waals surface area contributed by atoms with Gasteiger partial charge in [-0.3, -0.25) is 9.59 Å². The molecule has 4 heteroatoms. The summed E-state index contributed by atoms with van der Waals surface area (Å²) in [5.41, 5.74) is 0.946. The van der Waals surface area contributed by atoms with Crippen molar-refractivity contribution in [2.75, 3.05) is 12.5 Å². The van der Waals surface area contributed by atoms with Gasteiger partial charge >= 0.3 is 0 Å². The Labute approximate surface area is 127 Å². The van der Waals surface area contributed by atoms with Gasteiger partial charge < -0.3 is 0 Å². The minimum Gasteiger partial charge on any atom is -0.285 e. The van der Waals surface area contributed by atoms with Crippen LogP contribution in [0, 0.1) is 0 Å². The predicted octanol–water partition coefficient (Wildman–Crippen LogP) is 4.20. The minimum absolute atomic E-state index is 0.448. The van der Waals surface area contributed by atoms with Crippen LogP contribution in [0.25, 0.3) is 0 Å². The molecule has 2 aromatic carbocycles. The zero-order valence-corrected chi connectivity index (χ0v) is 12.9. The lowest BCUT2D eigenvalue weighted by Crippen LogP contribution is -2.16. The number of rotatable bonds is 5. The maximum atomic E-state index is 12.4. The van der Waals surface area contributed by atoms with Gasteiger partial charge in [-0.15, -0.1) is 23.5 Å². The molecule has 0 saturated heterocycles. The minimum atomic E-state index is -0.448. The van der Waals surface area contributed by atoms with Crippen molar-refractivity contribution in [2.45, 2.75) is 9.79 Å². The highest BCUT2D eigenvalue weighted by Gasteiger charge is 2.22. The highest BCUT2D eigenvalue weighted by atomic mass is 32.2. The number of hydrogen-bond acceptors (Lipinski definition) is 4. The van der Waals surface area contributed by atoms with Crippen molar-refractivity contribution in [3.8, 4) is 0 Å². The predicted molar refractivity (Wildman–Crippen MR) is 85.1 cm³/mol. The monoisotopic (exact) mass is 302 g/mol. The van der Waals surface area contributed by atoms with Gasteiger partial charge in [0, 0.05) is 20.9 Å². The van der Waals surface area contributed by atoms with E-state index in [4.69, 9.17) is 0 Å². The SMILES string of the molecule is CSc1ccccc1C(=O)C(=O)c1ccccc1SC. The smallest absolute Gasteiger partial charge is 0.234 e. The first-order valence-electron chi connectivity index (χ1n) is 6.04. The highest BCUT2D eigenvalue weighted by Crippen LogP contribution is 2.25. The van der Waals surface area contributed by atoms with Crippen LogP contribution in [-0.2, 0) is 0 Å². The Morgan fingerprint density at radius 1 is 0.700 bits per heavy atom. The molecule has 102 valence electrons. The topological polar surface area (TPSA) is 34.1 Å². The zero-order chi connectivity index (χ0) is 14.5. The summed E-state index contributed by atoms with van der Waals surface area (Å²) in [5.74, 6) is -0.895. The van der Waals surface area contributed by atoms with Crippen LogP contribution in [0.2, 0.25) is 0 Å². The fraction of sp³-hybridized carbons (Fsp3) is 0.125. The molecule has 0 aliphatic rings. The number of hydrogen-bond donors (Lipinski definition) is 0. The van der Waals surface area contributed by atoms with E-state index in [-0.39, 0.29) is 0 Å². The molecule has 0 fully saturated rings. The largest absolute Gasteiger partial charge is 0.285 e. The summed E-state index contributed by atoms with van der Waals surface area (Å²) < 4.78 is 0. The molecule has 2 nitrogen and oxygen atoms in total. The molecule has 0 bridgehead atoms. The van der Waals surface area contributed by atoms with Crippen molar-refractivity contribution in [1.82, 2.24) is 0 Å².